The molecular formula is C16H24FNO3. The number of anilines is 1. The number of hydrogen-bond acceptors (Lipinski definition) is 4. The minimum absolute atomic E-state index is 0.0514. The predicted molar refractivity (Wildman–Crippen MR) is 80.3 cm³/mol. The molecule has 1 aromatic carbocycles. The van der Waals surface area contributed by atoms with Crippen molar-refractivity contribution >= 4 is 5.69 Å². The lowest BCUT2D eigenvalue weighted by atomic mass is 9.95. The van der Waals surface area contributed by atoms with Gasteiger partial charge in [0.2, 0.25) is 0 Å². The Labute approximate surface area is 125 Å². The summed E-state index contributed by atoms with van der Waals surface area (Å²) in [6.07, 6.45) is 5.00. The number of methoxy groups -OCH3 is 1. The van der Waals surface area contributed by atoms with Crippen LogP contribution in [0.2, 0.25) is 0 Å². The first-order chi connectivity index (χ1) is 10.1. The van der Waals surface area contributed by atoms with E-state index in [9.17, 15) is 4.39 Å². The molecule has 0 amide bonds. The zero-order chi connectivity index (χ0) is 15.2. The minimum Gasteiger partial charge on any atom is -0.490 e. The summed E-state index contributed by atoms with van der Waals surface area (Å²) in [6, 6.07) is 2.81. The van der Waals surface area contributed by atoms with E-state index < -0.39 is 5.82 Å². The Morgan fingerprint density at radius 3 is 2.71 bits per heavy atom. The maximum atomic E-state index is 13.8. The Morgan fingerprint density at radius 1 is 1.24 bits per heavy atom. The van der Waals surface area contributed by atoms with Gasteiger partial charge < -0.3 is 19.9 Å². The van der Waals surface area contributed by atoms with E-state index in [0.717, 1.165) is 32.1 Å². The number of nitrogen functional groups attached to an aromatic ring is 1. The Balaban J connectivity index is 2.07. The Hall–Kier alpha value is -1.49. The molecule has 2 rings (SSSR count). The molecule has 1 aromatic rings. The average molecular weight is 297 g/mol. The molecular weight excluding hydrogens is 273 g/mol. The summed E-state index contributed by atoms with van der Waals surface area (Å²) in [5, 5.41) is 0. The van der Waals surface area contributed by atoms with E-state index >= 15 is 0 Å². The average Bonchev–Trinajstić information content (AvgIpc) is 2.49. The van der Waals surface area contributed by atoms with Crippen LogP contribution in [0.1, 0.15) is 39.0 Å². The summed E-state index contributed by atoms with van der Waals surface area (Å²) in [6.45, 7) is 2.44. The van der Waals surface area contributed by atoms with Gasteiger partial charge in [0.1, 0.15) is 11.9 Å². The number of benzene rings is 1. The third kappa shape index (κ3) is 4.24. The third-order valence-electron chi connectivity index (χ3n) is 3.73. The fraction of sp³-hybridized carbons (Fsp3) is 0.625. The first-order valence-corrected chi connectivity index (χ1v) is 7.55. The summed E-state index contributed by atoms with van der Waals surface area (Å²) >= 11 is 0. The standard InChI is InChI=1S/C16H24FNO3/c1-3-7-20-15-10-16(14(18)9-13(15)17)21-12-6-4-5-11(8-12)19-2/h9-12H,3-8,18H2,1-2H3. The van der Waals surface area contributed by atoms with Gasteiger partial charge in [0.05, 0.1) is 18.4 Å². The molecule has 2 N–H and O–H groups in total. The second-order valence-electron chi connectivity index (χ2n) is 5.43. The fourth-order valence-corrected chi connectivity index (χ4v) is 2.58. The van der Waals surface area contributed by atoms with E-state index in [0.29, 0.717) is 18.0 Å². The van der Waals surface area contributed by atoms with Crippen LogP contribution in [0.3, 0.4) is 0 Å². The van der Waals surface area contributed by atoms with Crippen LogP contribution in [-0.4, -0.2) is 25.9 Å². The van der Waals surface area contributed by atoms with Crippen LogP contribution in [0.5, 0.6) is 11.5 Å². The monoisotopic (exact) mass is 297 g/mol. The lowest BCUT2D eigenvalue weighted by Gasteiger charge is -2.29. The fourth-order valence-electron chi connectivity index (χ4n) is 2.58. The van der Waals surface area contributed by atoms with Gasteiger partial charge in [-0.15, -0.1) is 0 Å². The summed E-state index contributed by atoms with van der Waals surface area (Å²) in [7, 11) is 1.72. The Kier molecular flexibility index (Phi) is 5.67. The van der Waals surface area contributed by atoms with Crippen LogP contribution in [0.15, 0.2) is 12.1 Å². The molecule has 1 saturated carbocycles. The molecule has 2 unspecified atom stereocenters. The van der Waals surface area contributed by atoms with Crippen molar-refractivity contribution < 1.29 is 18.6 Å². The molecule has 21 heavy (non-hydrogen) atoms. The zero-order valence-electron chi connectivity index (χ0n) is 12.7. The van der Waals surface area contributed by atoms with Gasteiger partial charge in [-0.2, -0.15) is 0 Å². The first kappa shape index (κ1) is 15.9. The predicted octanol–water partition coefficient (Wildman–Crippen LogP) is 3.53. The van der Waals surface area contributed by atoms with E-state index in [2.05, 4.69) is 0 Å². The van der Waals surface area contributed by atoms with Crippen LogP contribution in [0.4, 0.5) is 10.1 Å². The number of hydrogen-bond donors (Lipinski definition) is 1. The van der Waals surface area contributed by atoms with Crippen molar-refractivity contribution in [2.75, 3.05) is 19.5 Å². The van der Waals surface area contributed by atoms with Crippen molar-refractivity contribution in [1.29, 1.82) is 0 Å². The minimum atomic E-state index is -0.452. The first-order valence-electron chi connectivity index (χ1n) is 7.55. The van der Waals surface area contributed by atoms with Gasteiger partial charge in [-0.1, -0.05) is 6.92 Å². The van der Waals surface area contributed by atoms with Crippen LogP contribution >= 0.6 is 0 Å². The number of nitrogens with two attached hydrogens (primary N) is 1. The number of ether oxygens (including phenoxy) is 3. The van der Waals surface area contributed by atoms with Crippen LogP contribution < -0.4 is 15.2 Å². The van der Waals surface area contributed by atoms with Crippen molar-refractivity contribution in [2.24, 2.45) is 0 Å². The van der Waals surface area contributed by atoms with Gasteiger partial charge >= 0.3 is 0 Å². The van der Waals surface area contributed by atoms with Crippen LogP contribution in [0.25, 0.3) is 0 Å². The SMILES string of the molecule is CCCOc1cc(OC2CCCC(OC)C2)c(N)cc1F. The van der Waals surface area contributed by atoms with Crippen LogP contribution in [-0.2, 0) is 4.74 Å². The second-order valence-corrected chi connectivity index (χ2v) is 5.43. The summed E-state index contributed by atoms with van der Waals surface area (Å²) in [4.78, 5) is 0. The Morgan fingerprint density at radius 2 is 2.00 bits per heavy atom. The van der Waals surface area contributed by atoms with E-state index in [1.165, 1.54) is 6.07 Å². The van der Waals surface area contributed by atoms with Gasteiger partial charge in [-0.3, -0.25) is 0 Å². The molecule has 0 heterocycles. The molecule has 0 radical (unpaired) electrons. The highest BCUT2D eigenvalue weighted by atomic mass is 19.1. The molecule has 5 heteroatoms. The van der Waals surface area contributed by atoms with Crippen LogP contribution in [0, 0.1) is 5.82 Å². The molecule has 0 aromatic heterocycles. The normalized spacial score (nSPS) is 22.0. The summed E-state index contributed by atoms with van der Waals surface area (Å²) in [5.74, 6) is 0.233. The van der Waals surface area contributed by atoms with Crippen molar-refractivity contribution in [3.05, 3.63) is 17.9 Å². The lowest BCUT2D eigenvalue weighted by Crippen LogP contribution is -2.29. The maximum absolute atomic E-state index is 13.8. The van der Waals surface area contributed by atoms with Gasteiger partial charge in [0, 0.05) is 25.7 Å². The number of halogens is 1. The molecule has 0 aliphatic heterocycles. The highest BCUT2D eigenvalue weighted by Crippen LogP contribution is 2.33. The van der Waals surface area contributed by atoms with Gasteiger partial charge in [-0.25, -0.2) is 4.39 Å². The van der Waals surface area contributed by atoms with Crippen molar-refractivity contribution in [3.63, 3.8) is 0 Å². The molecule has 1 aliphatic rings. The highest BCUT2D eigenvalue weighted by molar-refractivity contribution is 5.56. The molecule has 4 nitrogen and oxygen atoms in total. The highest BCUT2D eigenvalue weighted by Gasteiger charge is 2.24. The van der Waals surface area contributed by atoms with E-state index in [1.54, 1.807) is 13.2 Å². The van der Waals surface area contributed by atoms with Gasteiger partial charge in [0.15, 0.2) is 11.6 Å². The molecule has 118 valence electrons. The molecule has 0 saturated heterocycles. The van der Waals surface area contributed by atoms with E-state index in [-0.39, 0.29) is 18.0 Å². The summed E-state index contributed by atoms with van der Waals surface area (Å²) in [5.41, 5.74) is 6.15. The van der Waals surface area contributed by atoms with Gasteiger partial charge in [-0.05, 0) is 25.7 Å². The van der Waals surface area contributed by atoms with E-state index in [1.807, 2.05) is 6.92 Å². The third-order valence-corrected chi connectivity index (χ3v) is 3.73. The molecule has 1 aliphatic carbocycles. The molecule has 0 spiro atoms. The maximum Gasteiger partial charge on any atom is 0.167 e. The largest absolute Gasteiger partial charge is 0.490 e. The smallest absolute Gasteiger partial charge is 0.167 e. The number of rotatable bonds is 6. The topological polar surface area (TPSA) is 53.7 Å². The van der Waals surface area contributed by atoms with Crippen molar-refractivity contribution in [2.45, 2.75) is 51.2 Å². The quantitative estimate of drug-likeness (QED) is 0.816. The summed E-state index contributed by atoms with van der Waals surface area (Å²) < 4.78 is 30.5. The van der Waals surface area contributed by atoms with Crippen molar-refractivity contribution in [3.8, 4) is 11.5 Å². The van der Waals surface area contributed by atoms with Gasteiger partial charge in [0.25, 0.3) is 0 Å². The molecule has 1 fully saturated rings. The lowest BCUT2D eigenvalue weighted by molar-refractivity contribution is 0.0211. The zero-order valence-corrected chi connectivity index (χ0v) is 12.7. The van der Waals surface area contributed by atoms with E-state index in [4.69, 9.17) is 19.9 Å². The van der Waals surface area contributed by atoms with Crippen molar-refractivity contribution in [1.82, 2.24) is 0 Å². The molecule has 2 atom stereocenters. The Bertz CT molecular complexity index is 467. The second kappa shape index (κ2) is 7.50. The molecule has 0 bridgehead atoms.